The highest BCUT2D eigenvalue weighted by Gasteiger charge is 2.04. The zero-order chi connectivity index (χ0) is 16.5. The highest BCUT2D eigenvalue weighted by Crippen LogP contribution is 2.14. The van der Waals surface area contributed by atoms with E-state index in [9.17, 15) is 0 Å². The number of guanidine groups is 1. The first-order valence-electron chi connectivity index (χ1n) is 7.87. The first kappa shape index (κ1) is 17.5. The monoisotopic (exact) mass is 331 g/mol. The molecule has 124 valence electrons. The zero-order valence-electron chi connectivity index (χ0n) is 14.1. The smallest absolute Gasteiger partial charge is 0.191 e. The van der Waals surface area contributed by atoms with Crippen LogP contribution in [0.1, 0.15) is 27.8 Å². The SMILES string of the molecule is CCOCc1ccccc1CNC(=NC)NCc1ccc(C)s1. The fraction of sp³-hybridized carbons (Fsp3) is 0.389. The van der Waals surface area contributed by atoms with Gasteiger partial charge in [-0.15, -0.1) is 11.3 Å². The third kappa shape index (κ3) is 5.69. The molecule has 0 spiro atoms. The van der Waals surface area contributed by atoms with Gasteiger partial charge in [0.15, 0.2) is 5.96 Å². The van der Waals surface area contributed by atoms with Gasteiger partial charge in [0.25, 0.3) is 0 Å². The number of nitrogens with zero attached hydrogens (tertiary/aromatic N) is 1. The molecular weight excluding hydrogens is 306 g/mol. The van der Waals surface area contributed by atoms with Crippen LogP contribution in [0.5, 0.6) is 0 Å². The summed E-state index contributed by atoms with van der Waals surface area (Å²) < 4.78 is 5.53. The van der Waals surface area contributed by atoms with Gasteiger partial charge in [-0.1, -0.05) is 24.3 Å². The van der Waals surface area contributed by atoms with E-state index in [1.807, 2.05) is 13.0 Å². The van der Waals surface area contributed by atoms with Gasteiger partial charge < -0.3 is 15.4 Å². The van der Waals surface area contributed by atoms with Gasteiger partial charge in [-0.05, 0) is 37.1 Å². The Hall–Kier alpha value is -1.85. The second-order valence-electron chi connectivity index (χ2n) is 5.20. The highest BCUT2D eigenvalue weighted by molar-refractivity contribution is 7.11. The largest absolute Gasteiger partial charge is 0.377 e. The highest BCUT2D eigenvalue weighted by atomic mass is 32.1. The minimum absolute atomic E-state index is 0.648. The van der Waals surface area contributed by atoms with Crippen molar-refractivity contribution >= 4 is 17.3 Å². The molecule has 2 rings (SSSR count). The molecule has 0 radical (unpaired) electrons. The predicted molar refractivity (Wildman–Crippen MR) is 97.9 cm³/mol. The molecule has 0 unspecified atom stereocenters. The van der Waals surface area contributed by atoms with Gasteiger partial charge >= 0.3 is 0 Å². The van der Waals surface area contributed by atoms with Crippen LogP contribution in [0, 0.1) is 6.92 Å². The fourth-order valence-corrected chi connectivity index (χ4v) is 3.06. The van der Waals surface area contributed by atoms with E-state index in [0.29, 0.717) is 6.61 Å². The normalized spacial score (nSPS) is 11.5. The zero-order valence-corrected chi connectivity index (χ0v) is 14.9. The van der Waals surface area contributed by atoms with Gasteiger partial charge in [-0.3, -0.25) is 4.99 Å². The van der Waals surface area contributed by atoms with Crippen LogP contribution in [-0.2, 0) is 24.4 Å². The van der Waals surface area contributed by atoms with Crippen LogP contribution >= 0.6 is 11.3 Å². The maximum atomic E-state index is 5.53. The number of hydrogen-bond donors (Lipinski definition) is 2. The van der Waals surface area contributed by atoms with Crippen LogP contribution < -0.4 is 10.6 Å². The summed E-state index contributed by atoms with van der Waals surface area (Å²) in [4.78, 5) is 6.92. The summed E-state index contributed by atoms with van der Waals surface area (Å²) in [5.41, 5.74) is 2.45. The summed E-state index contributed by atoms with van der Waals surface area (Å²) >= 11 is 1.80. The van der Waals surface area contributed by atoms with E-state index < -0.39 is 0 Å². The molecule has 0 saturated carbocycles. The molecule has 0 fully saturated rings. The number of aryl methyl sites for hydroxylation is 1. The Kier molecular flexibility index (Phi) is 7.10. The Morgan fingerprint density at radius 1 is 1.09 bits per heavy atom. The summed E-state index contributed by atoms with van der Waals surface area (Å²) in [7, 11) is 1.79. The molecule has 5 heteroatoms. The molecule has 0 atom stereocenters. The van der Waals surface area contributed by atoms with Crippen molar-refractivity contribution in [1.82, 2.24) is 10.6 Å². The van der Waals surface area contributed by atoms with E-state index >= 15 is 0 Å². The van der Waals surface area contributed by atoms with Gasteiger partial charge in [0.2, 0.25) is 0 Å². The minimum atomic E-state index is 0.648. The van der Waals surface area contributed by atoms with Crippen LogP contribution in [0.15, 0.2) is 41.4 Å². The lowest BCUT2D eigenvalue weighted by atomic mass is 10.1. The predicted octanol–water partition coefficient (Wildman–Crippen LogP) is 3.46. The van der Waals surface area contributed by atoms with Crippen molar-refractivity contribution in [3.8, 4) is 0 Å². The molecule has 2 aromatic rings. The van der Waals surface area contributed by atoms with Crippen LogP contribution in [0.2, 0.25) is 0 Å². The van der Waals surface area contributed by atoms with E-state index in [2.05, 4.69) is 52.9 Å². The Labute approximate surface area is 142 Å². The van der Waals surface area contributed by atoms with Gasteiger partial charge in [0.05, 0.1) is 13.2 Å². The molecule has 0 saturated heterocycles. The number of nitrogens with one attached hydrogen (secondary N) is 2. The summed E-state index contributed by atoms with van der Waals surface area (Å²) in [5.74, 6) is 0.808. The quantitative estimate of drug-likeness (QED) is 0.603. The van der Waals surface area contributed by atoms with E-state index in [0.717, 1.165) is 25.7 Å². The van der Waals surface area contributed by atoms with Crippen molar-refractivity contribution in [1.29, 1.82) is 0 Å². The minimum Gasteiger partial charge on any atom is -0.377 e. The number of hydrogen-bond acceptors (Lipinski definition) is 3. The Morgan fingerprint density at radius 2 is 1.83 bits per heavy atom. The van der Waals surface area contributed by atoms with E-state index in [1.54, 1.807) is 18.4 Å². The van der Waals surface area contributed by atoms with Gasteiger partial charge in [0.1, 0.15) is 0 Å². The maximum absolute atomic E-state index is 5.53. The molecule has 23 heavy (non-hydrogen) atoms. The lowest BCUT2D eigenvalue weighted by molar-refractivity contribution is 0.133. The topological polar surface area (TPSA) is 45.6 Å². The molecule has 0 aliphatic heterocycles. The Balaban J connectivity index is 1.88. The molecule has 0 bridgehead atoms. The van der Waals surface area contributed by atoms with E-state index in [4.69, 9.17) is 4.74 Å². The first-order valence-corrected chi connectivity index (χ1v) is 8.69. The van der Waals surface area contributed by atoms with Crippen LogP contribution in [0.3, 0.4) is 0 Å². The van der Waals surface area contributed by atoms with Crippen molar-refractivity contribution in [2.24, 2.45) is 4.99 Å². The van der Waals surface area contributed by atoms with Crippen molar-refractivity contribution in [3.05, 3.63) is 57.3 Å². The summed E-state index contributed by atoms with van der Waals surface area (Å²) in [5, 5.41) is 6.72. The molecule has 2 N–H and O–H groups in total. The van der Waals surface area contributed by atoms with Crippen molar-refractivity contribution in [2.75, 3.05) is 13.7 Å². The Bertz CT molecular complexity index is 637. The second kappa shape index (κ2) is 9.33. The number of aliphatic imine (C=N–C) groups is 1. The van der Waals surface area contributed by atoms with Crippen molar-refractivity contribution in [2.45, 2.75) is 33.5 Å². The Morgan fingerprint density at radius 3 is 2.48 bits per heavy atom. The second-order valence-corrected chi connectivity index (χ2v) is 6.57. The standard InChI is InChI=1S/C18H25N3OS/c1-4-22-13-16-8-6-5-7-15(16)11-20-18(19-3)21-12-17-10-9-14(2)23-17/h5-10H,4,11-13H2,1-3H3,(H2,19,20,21). The third-order valence-corrected chi connectivity index (χ3v) is 4.48. The van der Waals surface area contributed by atoms with Gasteiger partial charge in [-0.2, -0.15) is 0 Å². The number of benzene rings is 1. The fourth-order valence-electron chi connectivity index (χ4n) is 2.23. The molecule has 0 amide bonds. The number of thiophene rings is 1. The van der Waals surface area contributed by atoms with Crippen LogP contribution in [0.4, 0.5) is 0 Å². The van der Waals surface area contributed by atoms with Crippen molar-refractivity contribution in [3.63, 3.8) is 0 Å². The lowest BCUT2D eigenvalue weighted by Gasteiger charge is -2.14. The molecule has 1 aromatic heterocycles. The average molecular weight is 331 g/mol. The summed E-state index contributed by atoms with van der Waals surface area (Å²) in [6, 6.07) is 12.6. The third-order valence-electron chi connectivity index (χ3n) is 3.48. The first-order chi connectivity index (χ1) is 11.2. The van der Waals surface area contributed by atoms with Crippen LogP contribution in [0.25, 0.3) is 0 Å². The molecular formula is C18H25N3OS. The van der Waals surface area contributed by atoms with Crippen LogP contribution in [-0.4, -0.2) is 19.6 Å². The lowest BCUT2D eigenvalue weighted by Crippen LogP contribution is -2.36. The molecule has 1 heterocycles. The molecule has 1 aromatic carbocycles. The number of rotatable bonds is 7. The van der Waals surface area contributed by atoms with Crippen molar-refractivity contribution < 1.29 is 4.74 Å². The van der Waals surface area contributed by atoms with Gasteiger partial charge in [-0.25, -0.2) is 0 Å². The van der Waals surface area contributed by atoms with Gasteiger partial charge in [0, 0.05) is 30.0 Å². The molecule has 0 aliphatic carbocycles. The number of ether oxygens (including phenoxy) is 1. The maximum Gasteiger partial charge on any atom is 0.191 e. The average Bonchev–Trinajstić information content (AvgIpc) is 2.99. The van der Waals surface area contributed by atoms with E-state index in [-0.39, 0.29) is 0 Å². The summed E-state index contributed by atoms with van der Waals surface area (Å²) in [6.45, 7) is 7.03. The summed E-state index contributed by atoms with van der Waals surface area (Å²) in [6.07, 6.45) is 0. The molecule has 0 aliphatic rings. The molecule has 4 nitrogen and oxygen atoms in total. The van der Waals surface area contributed by atoms with E-state index in [1.165, 1.54) is 20.9 Å².